The van der Waals surface area contributed by atoms with Gasteiger partial charge in [0.15, 0.2) is 0 Å². The zero-order chi connectivity index (χ0) is 13.4. The summed E-state index contributed by atoms with van der Waals surface area (Å²) in [5, 5.41) is 6.11. The summed E-state index contributed by atoms with van der Waals surface area (Å²) < 4.78 is 0. The van der Waals surface area contributed by atoms with Crippen LogP contribution in [0.1, 0.15) is 35.1 Å². The lowest BCUT2D eigenvalue weighted by molar-refractivity contribution is -0.121. The van der Waals surface area contributed by atoms with Crippen LogP contribution in [0.4, 0.5) is 0 Å². The number of likely N-dealkylation sites (N-methyl/N-ethyl adjacent to an activating group) is 1. The van der Waals surface area contributed by atoms with Crippen molar-refractivity contribution in [3.05, 3.63) is 21.4 Å². The Morgan fingerprint density at radius 2 is 2.05 bits per heavy atom. The summed E-state index contributed by atoms with van der Waals surface area (Å²) in [6.07, 6.45) is 2.57. The Morgan fingerprint density at radius 1 is 1.32 bits per heavy atom. The molecule has 0 spiro atoms. The van der Waals surface area contributed by atoms with E-state index in [4.69, 9.17) is 0 Å². The minimum Gasteiger partial charge on any atom is -0.355 e. The van der Waals surface area contributed by atoms with Gasteiger partial charge in [-0.15, -0.1) is 23.7 Å². The molecule has 19 heavy (non-hydrogen) atoms. The topological polar surface area (TPSA) is 41.1 Å². The smallest absolute Gasteiger partial charge is 0.220 e. The molecular weight excluding hydrogens is 280 g/mol. The highest BCUT2D eigenvalue weighted by atomic mass is 35.5. The molecule has 5 heteroatoms. The maximum absolute atomic E-state index is 11.6. The van der Waals surface area contributed by atoms with Gasteiger partial charge in [0.2, 0.25) is 5.91 Å². The molecule has 0 saturated heterocycles. The van der Waals surface area contributed by atoms with E-state index in [-0.39, 0.29) is 18.3 Å². The van der Waals surface area contributed by atoms with E-state index < -0.39 is 0 Å². The van der Waals surface area contributed by atoms with Crippen LogP contribution in [0.2, 0.25) is 0 Å². The zero-order valence-corrected chi connectivity index (χ0v) is 13.7. The summed E-state index contributed by atoms with van der Waals surface area (Å²) in [4.78, 5) is 14.3. The highest BCUT2D eigenvalue weighted by Gasteiger charge is 2.05. The number of carbonyl (C=O) groups excluding carboxylic acids is 1. The normalized spacial score (nSPS) is 10.1. The van der Waals surface area contributed by atoms with Gasteiger partial charge in [-0.3, -0.25) is 4.79 Å². The molecule has 0 bridgehead atoms. The van der Waals surface area contributed by atoms with E-state index >= 15 is 0 Å². The van der Waals surface area contributed by atoms with Gasteiger partial charge in [0.05, 0.1) is 0 Å². The summed E-state index contributed by atoms with van der Waals surface area (Å²) >= 11 is 1.84. The van der Waals surface area contributed by atoms with Gasteiger partial charge in [-0.2, -0.15) is 0 Å². The Morgan fingerprint density at radius 3 is 2.63 bits per heavy atom. The third-order valence-corrected chi connectivity index (χ3v) is 3.88. The van der Waals surface area contributed by atoms with Crippen molar-refractivity contribution >= 4 is 29.7 Å². The highest BCUT2D eigenvalue weighted by Crippen LogP contribution is 2.21. The van der Waals surface area contributed by atoms with Crippen LogP contribution in [0.25, 0.3) is 0 Å². The van der Waals surface area contributed by atoms with Crippen molar-refractivity contribution in [2.75, 3.05) is 19.6 Å². The monoisotopic (exact) mass is 304 g/mol. The van der Waals surface area contributed by atoms with Crippen LogP contribution in [0, 0.1) is 13.8 Å². The molecule has 1 rings (SSSR count). The Kier molecular flexibility index (Phi) is 9.92. The SMILES string of the molecule is CCNCCNC(=O)CCCc1cc(C)sc1C.Cl. The van der Waals surface area contributed by atoms with Gasteiger partial charge in [0.1, 0.15) is 0 Å². The van der Waals surface area contributed by atoms with Gasteiger partial charge in [0.25, 0.3) is 0 Å². The maximum Gasteiger partial charge on any atom is 0.220 e. The second-order valence-electron chi connectivity index (χ2n) is 4.50. The molecule has 0 aliphatic heterocycles. The fourth-order valence-corrected chi connectivity index (χ4v) is 2.90. The van der Waals surface area contributed by atoms with Crippen molar-refractivity contribution < 1.29 is 4.79 Å². The standard InChI is InChI=1S/C14H24N2OS.ClH/c1-4-15-8-9-16-14(17)7-5-6-13-10-11(2)18-12(13)3;/h10,15H,4-9H2,1-3H3,(H,16,17);1H. The number of nitrogens with one attached hydrogen (secondary N) is 2. The van der Waals surface area contributed by atoms with Crippen LogP contribution in [-0.4, -0.2) is 25.5 Å². The summed E-state index contributed by atoms with van der Waals surface area (Å²) in [6.45, 7) is 8.88. The quantitative estimate of drug-likeness (QED) is 0.725. The van der Waals surface area contributed by atoms with E-state index in [1.165, 1.54) is 15.3 Å². The van der Waals surface area contributed by atoms with E-state index in [2.05, 4.69) is 37.5 Å². The molecule has 0 atom stereocenters. The second kappa shape index (κ2) is 10.2. The van der Waals surface area contributed by atoms with Gasteiger partial charge in [-0.05, 0) is 44.9 Å². The number of amides is 1. The number of hydrogen-bond acceptors (Lipinski definition) is 3. The first kappa shape index (κ1) is 18.4. The summed E-state index contributed by atoms with van der Waals surface area (Å²) in [5.74, 6) is 0.164. The van der Waals surface area contributed by atoms with Crippen molar-refractivity contribution in [1.82, 2.24) is 10.6 Å². The molecule has 0 unspecified atom stereocenters. The third-order valence-electron chi connectivity index (χ3n) is 2.87. The van der Waals surface area contributed by atoms with Crippen LogP contribution < -0.4 is 10.6 Å². The summed E-state index contributed by atoms with van der Waals surface area (Å²) in [5.41, 5.74) is 1.40. The third kappa shape index (κ3) is 7.55. The average molecular weight is 305 g/mol. The van der Waals surface area contributed by atoms with Crippen molar-refractivity contribution in [1.29, 1.82) is 0 Å². The first-order valence-corrected chi connectivity index (χ1v) is 7.48. The molecule has 0 aliphatic carbocycles. The number of halogens is 1. The molecular formula is C14H25ClN2OS. The predicted molar refractivity (Wildman–Crippen MR) is 85.5 cm³/mol. The minimum absolute atomic E-state index is 0. The fourth-order valence-electron chi connectivity index (χ4n) is 1.93. The molecule has 0 aromatic carbocycles. The van der Waals surface area contributed by atoms with E-state index in [1.54, 1.807) is 0 Å². The fraction of sp³-hybridized carbons (Fsp3) is 0.643. The Bertz CT molecular complexity index is 380. The molecule has 1 aromatic heterocycles. The Balaban J connectivity index is 0.00000324. The van der Waals surface area contributed by atoms with Crippen LogP contribution in [0.5, 0.6) is 0 Å². The maximum atomic E-state index is 11.6. The van der Waals surface area contributed by atoms with Crippen LogP contribution >= 0.6 is 23.7 Å². The molecule has 1 aromatic rings. The molecule has 2 N–H and O–H groups in total. The minimum atomic E-state index is 0. The second-order valence-corrected chi connectivity index (χ2v) is 5.96. The highest BCUT2D eigenvalue weighted by molar-refractivity contribution is 7.12. The predicted octanol–water partition coefficient (Wildman–Crippen LogP) is 2.84. The van der Waals surface area contributed by atoms with Gasteiger partial charge >= 0.3 is 0 Å². The van der Waals surface area contributed by atoms with E-state index in [9.17, 15) is 4.79 Å². The van der Waals surface area contributed by atoms with Gasteiger partial charge in [-0.25, -0.2) is 0 Å². The van der Waals surface area contributed by atoms with Gasteiger partial charge < -0.3 is 10.6 Å². The van der Waals surface area contributed by atoms with Crippen LogP contribution in [0.3, 0.4) is 0 Å². The van der Waals surface area contributed by atoms with Crippen molar-refractivity contribution in [2.45, 2.75) is 40.0 Å². The number of thiophene rings is 1. The summed E-state index contributed by atoms with van der Waals surface area (Å²) in [6, 6.07) is 2.24. The van der Waals surface area contributed by atoms with Gasteiger partial charge in [0, 0.05) is 29.3 Å². The van der Waals surface area contributed by atoms with Crippen LogP contribution in [-0.2, 0) is 11.2 Å². The first-order chi connectivity index (χ1) is 8.63. The lowest BCUT2D eigenvalue weighted by Gasteiger charge is -2.05. The molecule has 110 valence electrons. The Labute approximate surface area is 126 Å². The molecule has 0 saturated carbocycles. The molecule has 0 aliphatic rings. The number of rotatable bonds is 8. The molecule has 0 fully saturated rings. The molecule has 0 radical (unpaired) electrons. The number of aryl methyl sites for hydroxylation is 3. The first-order valence-electron chi connectivity index (χ1n) is 6.66. The Hall–Kier alpha value is -0.580. The van der Waals surface area contributed by atoms with E-state index in [0.29, 0.717) is 6.42 Å². The van der Waals surface area contributed by atoms with E-state index in [1.807, 2.05) is 11.3 Å². The number of hydrogen-bond donors (Lipinski definition) is 2. The number of carbonyl (C=O) groups is 1. The van der Waals surface area contributed by atoms with E-state index in [0.717, 1.165) is 32.5 Å². The lowest BCUT2D eigenvalue weighted by atomic mass is 10.1. The average Bonchev–Trinajstić information content (AvgIpc) is 2.64. The molecule has 1 heterocycles. The zero-order valence-electron chi connectivity index (χ0n) is 12.0. The summed E-state index contributed by atoms with van der Waals surface area (Å²) in [7, 11) is 0. The van der Waals surface area contributed by atoms with Crippen molar-refractivity contribution in [3.8, 4) is 0 Å². The lowest BCUT2D eigenvalue weighted by Crippen LogP contribution is -2.31. The molecule has 1 amide bonds. The van der Waals surface area contributed by atoms with Crippen molar-refractivity contribution in [3.63, 3.8) is 0 Å². The van der Waals surface area contributed by atoms with Gasteiger partial charge in [-0.1, -0.05) is 6.92 Å². The van der Waals surface area contributed by atoms with Crippen molar-refractivity contribution in [2.24, 2.45) is 0 Å². The van der Waals surface area contributed by atoms with Crippen LogP contribution in [0.15, 0.2) is 6.07 Å². The largest absolute Gasteiger partial charge is 0.355 e. The molecule has 3 nitrogen and oxygen atoms in total.